The number of nitrogens with one attached hydrogen (secondary N) is 1. The molecule has 0 heterocycles. The molecule has 0 aromatic rings. The maximum atomic E-state index is 11.9. The number of aliphatic hydroxyl groups excluding tert-OH is 1. The highest BCUT2D eigenvalue weighted by molar-refractivity contribution is 7.87. The van der Waals surface area contributed by atoms with Crippen molar-refractivity contribution in [3.8, 4) is 0 Å². The van der Waals surface area contributed by atoms with Crippen LogP contribution in [0.25, 0.3) is 0 Å². The zero-order valence-electron chi connectivity index (χ0n) is 11.0. The Kier molecular flexibility index (Phi) is 7.89. The number of nitrogens with zero attached hydrogens (tertiary/aromatic N) is 1. The van der Waals surface area contributed by atoms with Gasteiger partial charge in [-0.3, -0.25) is 0 Å². The number of aliphatic hydroxyl groups is 1. The van der Waals surface area contributed by atoms with Crippen LogP contribution in [-0.4, -0.2) is 57.8 Å². The Labute approximate surface area is 104 Å². The van der Waals surface area contributed by atoms with Crippen molar-refractivity contribution in [2.75, 3.05) is 33.9 Å². The average Bonchev–Trinajstić information content (AvgIpc) is 2.24. The van der Waals surface area contributed by atoms with E-state index in [9.17, 15) is 8.42 Å². The standard InChI is InChI=1S/C10H24N2O4S/c1-9(2)10(8-16-4)11-17(14,15)12(3)6-5-7-13/h9-11,13H,5-8H2,1-4H3. The second kappa shape index (κ2) is 7.99. The molecule has 0 radical (unpaired) electrons. The van der Waals surface area contributed by atoms with Crippen molar-refractivity contribution < 1.29 is 18.3 Å². The Morgan fingerprint density at radius 1 is 1.41 bits per heavy atom. The molecule has 0 rings (SSSR count). The van der Waals surface area contributed by atoms with Crippen molar-refractivity contribution in [3.05, 3.63) is 0 Å². The van der Waals surface area contributed by atoms with Gasteiger partial charge < -0.3 is 9.84 Å². The van der Waals surface area contributed by atoms with Gasteiger partial charge in [0.05, 0.1) is 6.61 Å². The number of hydrogen-bond acceptors (Lipinski definition) is 4. The van der Waals surface area contributed by atoms with E-state index < -0.39 is 10.2 Å². The molecule has 6 nitrogen and oxygen atoms in total. The SMILES string of the molecule is COCC(NS(=O)(=O)N(C)CCCO)C(C)C. The van der Waals surface area contributed by atoms with Gasteiger partial charge in [-0.25, -0.2) is 0 Å². The third kappa shape index (κ3) is 6.32. The first-order valence-electron chi connectivity index (χ1n) is 5.68. The van der Waals surface area contributed by atoms with Gasteiger partial charge in [-0.1, -0.05) is 13.8 Å². The summed E-state index contributed by atoms with van der Waals surface area (Å²) in [6, 6.07) is -0.249. The van der Waals surface area contributed by atoms with E-state index in [0.29, 0.717) is 19.6 Å². The van der Waals surface area contributed by atoms with E-state index in [1.807, 2.05) is 13.8 Å². The fraction of sp³-hybridized carbons (Fsp3) is 1.00. The van der Waals surface area contributed by atoms with E-state index in [-0.39, 0.29) is 18.6 Å². The molecule has 0 saturated carbocycles. The molecule has 0 aliphatic heterocycles. The highest BCUT2D eigenvalue weighted by Gasteiger charge is 2.23. The molecule has 0 saturated heterocycles. The maximum absolute atomic E-state index is 11.9. The van der Waals surface area contributed by atoms with Crippen molar-refractivity contribution >= 4 is 10.2 Å². The van der Waals surface area contributed by atoms with Crippen LogP contribution < -0.4 is 4.72 Å². The molecule has 2 N–H and O–H groups in total. The van der Waals surface area contributed by atoms with Crippen LogP contribution in [0.1, 0.15) is 20.3 Å². The summed E-state index contributed by atoms with van der Waals surface area (Å²) >= 11 is 0. The Morgan fingerprint density at radius 2 is 2.00 bits per heavy atom. The van der Waals surface area contributed by atoms with Crippen molar-refractivity contribution in [1.29, 1.82) is 0 Å². The molecule has 1 atom stereocenters. The average molecular weight is 268 g/mol. The van der Waals surface area contributed by atoms with Crippen LogP contribution in [0, 0.1) is 5.92 Å². The third-order valence-corrected chi connectivity index (χ3v) is 4.10. The predicted molar refractivity (Wildman–Crippen MR) is 66.9 cm³/mol. The molecule has 17 heavy (non-hydrogen) atoms. The zero-order valence-corrected chi connectivity index (χ0v) is 11.8. The van der Waals surface area contributed by atoms with Crippen molar-refractivity contribution in [2.24, 2.45) is 5.92 Å². The summed E-state index contributed by atoms with van der Waals surface area (Å²) in [6.07, 6.45) is 0.425. The topological polar surface area (TPSA) is 78.9 Å². The molecule has 0 spiro atoms. The lowest BCUT2D eigenvalue weighted by Crippen LogP contribution is -2.47. The molecule has 104 valence electrons. The van der Waals surface area contributed by atoms with Crippen LogP contribution in [0.4, 0.5) is 0 Å². The first-order valence-corrected chi connectivity index (χ1v) is 7.12. The molecule has 0 amide bonds. The van der Waals surface area contributed by atoms with Crippen molar-refractivity contribution in [3.63, 3.8) is 0 Å². The van der Waals surface area contributed by atoms with Gasteiger partial charge in [0.2, 0.25) is 0 Å². The summed E-state index contributed by atoms with van der Waals surface area (Å²) in [5, 5.41) is 8.67. The van der Waals surface area contributed by atoms with Crippen LogP contribution in [0.2, 0.25) is 0 Å². The summed E-state index contributed by atoms with van der Waals surface area (Å²) in [6.45, 7) is 4.47. The summed E-state index contributed by atoms with van der Waals surface area (Å²) in [4.78, 5) is 0. The monoisotopic (exact) mass is 268 g/mol. The quantitative estimate of drug-likeness (QED) is 0.607. The number of ether oxygens (including phenoxy) is 1. The van der Waals surface area contributed by atoms with Gasteiger partial charge in [0.25, 0.3) is 10.2 Å². The summed E-state index contributed by atoms with van der Waals surface area (Å²) in [7, 11) is -0.478. The number of hydrogen-bond donors (Lipinski definition) is 2. The molecule has 0 aliphatic rings. The molecule has 1 unspecified atom stereocenters. The van der Waals surface area contributed by atoms with Crippen LogP contribution in [0.3, 0.4) is 0 Å². The van der Waals surface area contributed by atoms with Gasteiger partial charge in [0.15, 0.2) is 0 Å². The van der Waals surface area contributed by atoms with Gasteiger partial charge in [0.1, 0.15) is 0 Å². The minimum absolute atomic E-state index is 0.0223. The van der Waals surface area contributed by atoms with Crippen LogP contribution in [0.5, 0.6) is 0 Å². The Bertz CT molecular complexity index is 293. The Morgan fingerprint density at radius 3 is 2.41 bits per heavy atom. The Balaban J connectivity index is 4.48. The fourth-order valence-electron chi connectivity index (χ4n) is 1.24. The third-order valence-electron chi connectivity index (χ3n) is 2.49. The number of methoxy groups -OCH3 is 1. The molecular weight excluding hydrogens is 244 g/mol. The first kappa shape index (κ1) is 16.8. The zero-order chi connectivity index (χ0) is 13.5. The van der Waals surface area contributed by atoms with Gasteiger partial charge >= 0.3 is 0 Å². The molecule has 0 bridgehead atoms. The minimum atomic E-state index is -3.51. The smallest absolute Gasteiger partial charge is 0.279 e. The van der Waals surface area contributed by atoms with E-state index >= 15 is 0 Å². The van der Waals surface area contributed by atoms with Crippen molar-refractivity contribution in [1.82, 2.24) is 9.03 Å². The van der Waals surface area contributed by atoms with Crippen LogP contribution in [0.15, 0.2) is 0 Å². The van der Waals surface area contributed by atoms with E-state index in [1.54, 1.807) is 7.11 Å². The minimum Gasteiger partial charge on any atom is -0.396 e. The first-order chi connectivity index (χ1) is 7.85. The maximum Gasteiger partial charge on any atom is 0.279 e. The summed E-state index contributed by atoms with van der Waals surface area (Å²) < 4.78 is 32.6. The van der Waals surface area contributed by atoms with Gasteiger partial charge in [-0.2, -0.15) is 17.4 Å². The molecule has 0 aromatic carbocycles. The van der Waals surface area contributed by atoms with E-state index in [2.05, 4.69) is 4.72 Å². The summed E-state index contributed by atoms with van der Waals surface area (Å²) in [5.74, 6) is 0.149. The lowest BCUT2D eigenvalue weighted by Gasteiger charge is -2.25. The molecule has 7 heteroatoms. The predicted octanol–water partition coefficient (Wildman–Crippen LogP) is -0.194. The summed E-state index contributed by atoms with van der Waals surface area (Å²) in [5.41, 5.74) is 0. The molecule has 0 aliphatic carbocycles. The second-order valence-electron chi connectivity index (χ2n) is 4.33. The van der Waals surface area contributed by atoms with Gasteiger partial charge in [0, 0.05) is 33.4 Å². The lowest BCUT2D eigenvalue weighted by atomic mass is 10.1. The van der Waals surface area contributed by atoms with Crippen molar-refractivity contribution in [2.45, 2.75) is 26.3 Å². The highest BCUT2D eigenvalue weighted by Crippen LogP contribution is 2.06. The van der Waals surface area contributed by atoms with E-state index in [1.165, 1.54) is 11.4 Å². The lowest BCUT2D eigenvalue weighted by molar-refractivity contribution is 0.156. The van der Waals surface area contributed by atoms with Crippen LogP contribution >= 0.6 is 0 Å². The van der Waals surface area contributed by atoms with E-state index in [4.69, 9.17) is 9.84 Å². The molecular formula is C10H24N2O4S. The second-order valence-corrected chi connectivity index (χ2v) is 6.14. The van der Waals surface area contributed by atoms with Gasteiger partial charge in [-0.05, 0) is 12.3 Å². The molecule has 0 fully saturated rings. The normalized spacial score (nSPS) is 14.5. The largest absolute Gasteiger partial charge is 0.396 e. The van der Waals surface area contributed by atoms with E-state index in [0.717, 1.165) is 0 Å². The van der Waals surface area contributed by atoms with Crippen LogP contribution in [-0.2, 0) is 14.9 Å². The Hall–Kier alpha value is -0.210. The van der Waals surface area contributed by atoms with Gasteiger partial charge in [-0.15, -0.1) is 0 Å². The number of rotatable bonds is 9. The highest BCUT2D eigenvalue weighted by atomic mass is 32.2. The molecule has 0 aromatic heterocycles. The fourth-order valence-corrected chi connectivity index (χ4v) is 2.51.